The van der Waals surface area contributed by atoms with E-state index in [1.54, 1.807) is 13.8 Å². The summed E-state index contributed by atoms with van der Waals surface area (Å²) < 4.78 is 7.16. The van der Waals surface area contributed by atoms with Crippen molar-refractivity contribution in [2.75, 3.05) is 12.4 Å². The SMILES string of the molecule is CCOC(=O)C1=C(CSc2nnc(-c3cc4c(s3)CCC(CC)C4)n2C)NC(=O)NC1C. The van der Waals surface area contributed by atoms with Crippen molar-refractivity contribution in [3.63, 3.8) is 0 Å². The number of urea groups is 1. The van der Waals surface area contributed by atoms with Gasteiger partial charge in [0.15, 0.2) is 11.0 Å². The van der Waals surface area contributed by atoms with Crippen LogP contribution in [0, 0.1) is 5.92 Å². The van der Waals surface area contributed by atoms with Gasteiger partial charge in [0, 0.05) is 23.4 Å². The molecule has 10 heteroatoms. The van der Waals surface area contributed by atoms with Crippen LogP contribution in [0.25, 0.3) is 10.7 Å². The number of aromatic nitrogens is 3. The maximum atomic E-state index is 12.4. The number of rotatable bonds is 7. The van der Waals surface area contributed by atoms with Crippen LogP contribution in [0.5, 0.6) is 0 Å². The molecule has 172 valence electrons. The molecule has 2 amide bonds. The van der Waals surface area contributed by atoms with Gasteiger partial charge in [0.05, 0.1) is 23.1 Å². The highest BCUT2D eigenvalue weighted by Gasteiger charge is 2.30. The van der Waals surface area contributed by atoms with Crippen LogP contribution in [0.1, 0.15) is 44.1 Å². The average molecular weight is 476 g/mol. The monoisotopic (exact) mass is 475 g/mol. The van der Waals surface area contributed by atoms with Crippen molar-refractivity contribution >= 4 is 35.1 Å². The molecule has 0 fully saturated rings. The van der Waals surface area contributed by atoms with E-state index in [-0.39, 0.29) is 12.6 Å². The van der Waals surface area contributed by atoms with E-state index >= 15 is 0 Å². The number of nitrogens with zero attached hydrogens (tertiary/aromatic N) is 3. The maximum Gasteiger partial charge on any atom is 0.337 e. The Balaban J connectivity index is 1.53. The minimum atomic E-state index is -0.420. The van der Waals surface area contributed by atoms with E-state index in [0.717, 1.165) is 34.6 Å². The number of hydrogen-bond acceptors (Lipinski definition) is 7. The lowest BCUT2D eigenvalue weighted by atomic mass is 9.87. The molecule has 0 saturated carbocycles. The number of nitrogens with one attached hydrogen (secondary N) is 2. The fraction of sp³-hybridized carbons (Fsp3) is 0.545. The molecule has 2 atom stereocenters. The molecule has 2 unspecified atom stereocenters. The second-order valence-electron chi connectivity index (χ2n) is 8.16. The highest BCUT2D eigenvalue weighted by Crippen LogP contribution is 2.38. The van der Waals surface area contributed by atoms with Crippen molar-refractivity contribution in [3.05, 3.63) is 27.8 Å². The largest absolute Gasteiger partial charge is 0.463 e. The molecule has 3 heterocycles. The molecule has 2 aromatic heterocycles. The highest BCUT2D eigenvalue weighted by molar-refractivity contribution is 7.99. The van der Waals surface area contributed by atoms with E-state index in [2.05, 4.69) is 33.8 Å². The van der Waals surface area contributed by atoms with Crippen LogP contribution in [-0.2, 0) is 29.4 Å². The fourth-order valence-corrected chi connectivity index (χ4v) is 6.35. The summed E-state index contributed by atoms with van der Waals surface area (Å²) in [5.41, 5.74) is 2.44. The average Bonchev–Trinajstić information content (AvgIpc) is 3.34. The van der Waals surface area contributed by atoms with Gasteiger partial charge in [-0.3, -0.25) is 0 Å². The Morgan fingerprint density at radius 1 is 1.38 bits per heavy atom. The molecule has 2 aliphatic rings. The first kappa shape index (κ1) is 22.8. The molecular weight excluding hydrogens is 446 g/mol. The molecule has 4 rings (SSSR count). The zero-order valence-corrected chi connectivity index (χ0v) is 20.5. The zero-order chi connectivity index (χ0) is 22.8. The normalized spacial score (nSPS) is 20.6. The highest BCUT2D eigenvalue weighted by atomic mass is 32.2. The van der Waals surface area contributed by atoms with Crippen LogP contribution in [0.15, 0.2) is 22.5 Å². The maximum absolute atomic E-state index is 12.4. The lowest BCUT2D eigenvalue weighted by Gasteiger charge is -2.26. The zero-order valence-electron chi connectivity index (χ0n) is 18.9. The van der Waals surface area contributed by atoms with Crippen LogP contribution in [-0.4, -0.2) is 45.2 Å². The number of hydrogen-bond donors (Lipinski definition) is 2. The Kier molecular flexibility index (Phi) is 6.90. The van der Waals surface area contributed by atoms with Gasteiger partial charge in [0.25, 0.3) is 0 Å². The van der Waals surface area contributed by atoms with Gasteiger partial charge in [-0.2, -0.15) is 0 Å². The molecule has 8 nitrogen and oxygen atoms in total. The van der Waals surface area contributed by atoms with Gasteiger partial charge >= 0.3 is 12.0 Å². The summed E-state index contributed by atoms with van der Waals surface area (Å²) in [6.07, 6.45) is 4.79. The third kappa shape index (κ3) is 4.56. The molecule has 1 aliphatic carbocycles. The van der Waals surface area contributed by atoms with Crippen LogP contribution in [0.4, 0.5) is 4.79 Å². The van der Waals surface area contributed by atoms with Gasteiger partial charge in [0.2, 0.25) is 0 Å². The smallest absolute Gasteiger partial charge is 0.337 e. The number of aryl methyl sites for hydroxylation is 1. The number of thioether (sulfide) groups is 1. The second-order valence-corrected chi connectivity index (χ2v) is 10.2. The van der Waals surface area contributed by atoms with Crippen molar-refractivity contribution < 1.29 is 14.3 Å². The Hall–Kier alpha value is -2.33. The number of thiophene rings is 1. The van der Waals surface area contributed by atoms with E-state index in [1.807, 2.05) is 23.0 Å². The Labute approximate surface area is 196 Å². The van der Waals surface area contributed by atoms with E-state index in [9.17, 15) is 9.59 Å². The molecular formula is C22H29N5O3S2. The summed E-state index contributed by atoms with van der Waals surface area (Å²) in [6.45, 7) is 6.08. The van der Waals surface area contributed by atoms with Crippen molar-refractivity contribution in [3.8, 4) is 10.7 Å². The summed E-state index contributed by atoms with van der Waals surface area (Å²) in [5.74, 6) is 1.59. The minimum absolute atomic E-state index is 0.278. The van der Waals surface area contributed by atoms with E-state index in [0.29, 0.717) is 17.0 Å². The Morgan fingerprint density at radius 2 is 2.19 bits per heavy atom. The van der Waals surface area contributed by atoms with Crippen LogP contribution >= 0.6 is 23.1 Å². The number of carbonyl (C=O) groups is 2. The number of amides is 2. The summed E-state index contributed by atoms with van der Waals surface area (Å²) in [4.78, 5) is 27.0. The summed E-state index contributed by atoms with van der Waals surface area (Å²) in [7, 11) is 1.95. The van der Waals surface area contributed by atoms with Crippen LogP contribution in [0.3, 0.4) is 0 Å². The van der Waals surface area contributed by atoms with E-state index < -0.39 is 12.0 Å². The second kappa shape index (κ2) is 9.66. The van der Waals surface area contributed by atoms with Crippen molar-refractivity contribution in [2.45, 2.75) is 57.7 Å². The van der Waals surface area contributed by atoms with Crippen molar-refractivity contribution in [2.24, 2.45) is 13.0 Å². The van der Waals surface area contributed by atoms with Gasteiger partial charge in [-0.1, -0.05) is 25.1 Å². The molecule has 0 saturated heterocycles. The molecule has 0 aromatic carbocycles. The van der Waals surface area contributed by atoms with Gasteiger partial charge < -0.3 is 19.9 Å². The first-order valence-corrected chi connectivity index (χ1v) is 12.8. The van der Waals surface area contributed by atoms with Crippen LogP contribution < -0.4 is 10.6 Å². The standard InChI is InChI=1S/C22H29N5O3S2/c1-5-13-7-8-16-14(9-13)10-17(32-16)19-25-26-22(27(19)4)31-11-15-18(20(28)30-6-2)12(3)23-21(29)24-15/h10,12-13H,5-9,11H2,1-4H3,(H2,23,24,29). The number of fused-ring (bicyclic) bond motifs is 1. The summed E-state index contributed by atoms with van der Waals surface area (Å²) >= 11 is 3.25. The lowest BCUT2D eigenvalue weighted by molar-refractivity contribution is -0.138. The van der Waals surface area contributed by atoms with Gasteiger partial charge in [-0.25, -0.2) is 9.59 Å². The Bertz CT molecular complexity index is 1060. The molecule has 2 N–H and O–H groups in total. The number of esters is 1. The van der Waals surface area contributed by atoms with Gasteiger partial charge in [-0.15, -0.1) is 21.5 Å². The predicted molar refractivity (Wildman–Crippen MR) is 126 cm³/mol. The van der Waals surface area contributed by atoms with Crippen molar-refractivity contribution in [1.29, 1.82) is 0 Å². The van der Waals surface area contributed by atoms with Crippen LogP contribution in [0.2, 0.25) is 0 Å². The molecule has 0 spiro atoms. The van der Waals surface area contributed by atoms with Gasteiger partial charge in [-0.05, 0) is 50.7 Å². The summed E-state index contributed by atoms with van der Waals surface area (Å²) in [6, 6.07) is 1.53. The molecule has 0 bridgehead atoms. The fourth-order valence-electron chi connectivity index (χ4n) is 4.24. The number of ether oxygens (including phenoxy) is 1. The Morgan fingerprint density at radius 3 is 2.94 bits per heavy atom. The van der Waals surface area contributed by atoms with E-state index in [1.165, 1.54) is 35.0 Å². The van der Waals surface area contributed by atoms with Crippen molar-refractivity contribution in [1.82, 2.24) is 25.4 Å². The molecule has 2 aromatic rings. The quantitative estimate of drug-likeness (QED) is 0.468. The van der Waals surface area contributed by atoms with Gasteiger partial charge in [0.1, 0.15) is 0 Å². The molecule has 1 aliphatic heterocycles. The first-order valence-electron chi connectivity index (χ1n) is 11.0. The first-order chi connectivity index (χ1) is 15.4. The predicted octanol–water partition coefficient (Wildman–Crippen LogP) is 3.67. The topological polar surface area (TPSA) is 98.1 Å². The molecule has 32 heavy (non-hydrogen) atoms. The minimum Gasteiger partial charge on any atom is -0.463 e. The van der Waals surface area contributed by atoms with E-state index in [4.69, 9.17) is 4.74 Å². The third-order valence-corrected chi connectivity index (χ3v) is 8.31. The lowest BCUT2D eigenvalue weighted by Crippen LogP contribution is -2.49. The number of carbonyl (C=O) groups excluding carboxylic acids is 2. The third-order valence-electron chi connectivity index (χ3n) is 6.03. The summed E-state index contributed by atoms with van der Waals surface area (Å²) in [5, 5.41) is 15.0. The molecule has 0 radical (unpaired) electrons.